The second-order valence-electron chi connectivity index (χ2n) is 6.48. The first-order valence-corrected chi connectivity index (χ1v) is 10.1. The molecule has 2 aliphatic rings. The smallest absolute Gasteiger partial charge is 0.228 e. The molecule has 0 spiro atoms. The van der Waals surface area contributed by atoms with Crippen molar-refractivity contribution in [3.63, 3.8) is 0 Å². The van der Waals surface area contributed by atoms with Gasteiger partial charge in [-0.2, -0.15) is 4.31 Å². The minimum absolute atomic E-state index is 0.0428. The van der Waals surface area contributed by atoms with Crippen LogP contribution >= 0.6 is 0 Å². The van der Waals surface area contributed by atoms with E-state index in [2.05, 4.69) is 4.98 Å². The molecule has 25 heavy (non-hydrogen) atoms. The zero-order valence-electron chi connectivity index (χ0n) is 14.2. The monoisotopic (exact) mass is 366 g/mol. The average Bonchev–Trinajstić information content (AvgIpc) is 2.95. The van der Waals surface area contributed by atoms with Crippen LogP contribution in [-0.2, 0) is 26.2 Å². The van der Waals surface area contributed by atoms with Gasteiger partial charge in [0, 0.05) is 45.3 Å². The highest BCUT2D eigenvalue weighted by Crippen LogP contribution is 2.22. The molecule has 8 nitrogen and oxygen atoms in total. The molecule has 1 aromatic rings. The maximum Gasteiger partial charge on any atom is 0.228 e. The van der Waals surface area contributed by atoms with Crippen molar-refractivity contribution in [3.05, 3.63) is 30.1 Å². The van der Waals surface area contributed by atoms with Gasteiger partial charge in [-0.05, 0) is 12.1 Å². The van der Waals surface area contributed by atoms with Gasteiger partial charge in [-0.25, -0.2) is 8.42 Å². The second kappa shape index (κ2) is 7.09. The third-order valence-electron chi connectivity index (χ3n) is 4.66. The number of piperazine rings is 1. The highest BCUT2D eigenvalue weighted by molar-refractivity contribution is 7.88. The molecule has 0 radical (unpaired) electrons. The number of pyridine rings is 1. The number of carbonyl (C=O) groups is 2. The van der Waals surface area contributed by atoms with Crippen molar-refractivity contribution in [2.75, 3.05) is 39.0 Å². The van der Waals surface area contributed by atoms with Crippen LogP contribution in [0.5, 0.6) is 0 Å². The van der Waals surface area contributed by atoms with Crippen LogP contribution in [0, 0.1) is 5.92 Å². The Morgan fingerprint density at radius 2 is 1.96 bits per heavy atom. The Hall–Kier alpha value is -2.00. The maximum atomic E-state index is 12.7. The van der Waals surface area contributed by atoms with Gasteiger partial charge >= 0.3 is 0 Å². The average molecular weight is 366 g/mol. The number of hydrogen-bond acceptors (Lipinski definition) is 5. The number of nitrogens with zero attached hydrogens (tertiary/aromatic N) is 4. The number of sulfonamides is 1. The van der Waals surface area contributed by atoms with Crippen LogP contribution in [0.1, 0.15) is 12.1 Å². The van der Waals surface area contributed by atoms with Crippen LogP contribution < -0.4 is 0 Å². The van der Waals surface area contributed by atoms with Crippen molar-refractivity contribution in [1.82, 2.24) is 19.1 Å². The third kappa shape index (κ3) is 4.16. The predicted molar refractivity (Wildman–Crippen MR) is 90.8 cm³/mol. The number of rotatable bonds is 4. The molecule has 2 amide bonds. The summed E-state index contributed by atoms with van der Waals surface area (Å²) < 4.78 is 24.5. The fourth-order valence-corrected chi connectivity index (χ4v) is 4.10. The lowest BCUT2D eigenvalue weighted by Gasteiger charge is -2.34. The predicted octanol–water partition coefficient (Wildman–Crippen LogP) is -0.466. The summed E-state index contributed by atoms with van der Waals surface area (Å²) in [5, 5.41) is 0. The Morgan fingerprint density at radius 1 is 1.24 bits per heavy atom. The Bertz CT molecular complexity index is 745. The van der Waals surface area contributed by atoms with Gasteiger partial charge < -0.3 is 9.80 Å². The standard InChI is InChI=1S/C16H22N4O4S/c1-25(23,24)20-8-6-18(7-9-20)16(22)13-10-15(21)19(11-13)12-14-4-2-3-5-17-14/h2-5,13H,6-12H2,1H3/t13-/m1/s1. The molecule has 136 valence electrons. The summed E-state index contributed by atoms with van der Waals surface area (Å²) >= 11 is 0. The number of amides is 2. The Morgan fingerprint density at radius 3 is 2.56 bits per heavy atom. The van der Waals surface area contributed by atoms with Crippen molar-refractivity contribution >= 4 is 21.8 Å². The summed E-state index contributed by atoms with van der Waals surface area (Å²) in [5.74, 6) is -0.468. The fraction of sp³-hybridized carbons (Fsp3) is 0.562. The molecule has 0 aromatic carbocycles. The Labute approximate surface area is 147 Å². The largest absolute Gasteiger partial charge is 0.340 e. The topological polar surface area (TPSA) is 90.9 Å². The molecule has 0 unspecified atom stereocenters. The van der Waals surface area contributed by atoms with E-state index in [0.29, 0.717) is 39.3 Å². The van der Waals surface area contributed by atoms with Crippen LogP contribution in [0.4, 0.5) is 0 Å². The molecule has 3 heterocycles. The second-order valence-corrected chi connectivity index (χ2v) is 8.47. The molecule has 2 aliphatic heterocycles. The first kappa shape index (κ1) is 17.8. The van der Waals surface area contributed by atoms with Crippen molar-refractivity contribution in [2.24, 2.45) is 5.92 Å². The van der Waals surface area contributed by atoms with E-state index in [4.69, 9.17) is 0 Å². The minimum atomic E-state index is -3.22. The van der Waals surface area contributed by atoms with E-state index in [-0.39, 0.29) is 24.2 Å². The number of likely N-dealkylation sites (tertiary alicyclic amines) is 1. The first-order valence-electron chi connectivity index (χ1n) is 8.26. The van der Waals surface area contributed by atoms with Crippen molar-refractivity contribution in [1.29, 1.82) is 0 Å². The normalized spacial score (nSPS) is 22.4. The Balaban J connectivity index is 1.56. The van der Waals surface area contributed by atoms with Gasteiger partial charge in [-0.15, -0.1) is 0 Å². The molecule has 0 saturated carbocycles. The lowest BCUT2D eigenvalue weighted by molar-refractivity contribution is -0.137. The van der Waals surface area contributed by atoms with E-state index >= 15 is 0 Å². The van der Waals surface area contributed by atoms with Gasteiger partial charge in [-0.3, -0.25) is 14.6 Å². The minimum Gasteiger partial charge on any atom is -0.340 e. The van der Waals surface area contributed by atoms with Gasteiger partial charge in [0.15, 0.2) is 0 Å². The fourth-order valence-electron chi connectivity index (χ4n) is 3.28. The van der Waals surface area contributed by atoms with Crippen LogP contribution in [0.2, 0.25) is 0 Å². The van der Waals surface area contributed by atoms with E-state index in [9.17, 15) is 18.0 Å². The summed E-state index contributed by atoms with van der Waals surface area (Å²) in [4.78, 5) is 32.4. The molecule has 0 bridgehead atoms. The third-order valence-corrected chi connectivity index (χ3v) is 5.97. The molecule has 2 fully saturated rings. The SMILES string of the molecule is CS(=O)(=O)N1CCN(C(=O)[C@@H]2CC(=O)N(Cc3ccccn3)C2)CC1. The molecule has 1 atom stereocenters. The van der Waals surface area contributed by atoms with Crippen molar-refractivity contribution in [2.45, 2.75) is 13.0 Å². The molecular formula is C16H22N4O4S. The number of aromatic nitrogens is 1. The van der Waals surface area contributed by atoms with Crippen LogP contribution in [-0.4, -0.2) is 78.3 Å². The van der Waals surface area contributed by atoms with Gasteiger partial charge in [0.05, 0.1) is 24.4 Å². The zero-order valence-corrected chi connectivity index (χ0v) is 15.0. The van der Waals surface area contributed by atoms with E-state index < -0.39 is 10.0 Å². The van der Waals surface area contributed by atoms with Gasteiger partial charge in [0.25, 0.3) is 0 Å². The molecule has 0 aliphatic carbocycles. The maximum absolute atomic E-state index is 12.7. The van der Waals surface area contributed by atoms with Crippen molar-refractivity contribution < 1.29 is 18.0 Å². The first-order chi connectivity index (χ1) is 11.8. The molecule has 0 N–H and O–H groups in total. The lowest BCUT2D eigenvalue weighted by atomic mass is 10.1. The summed E-state index contributed by atoms with van der Waals surface area (Å²) in [6.45, 7) is 2.16. The highest BCUT2D eigenvalue weighted by Gasteiger charge is 2.37. The molecule has 1 aromatic heterocycles. The van der Waals surface area contributed by atoms with Crippen LogP contribution in [0.25, 0.3) is 0 Å². The van der Waals surface area contributed by atoms with E-state index in [1.165, 1.54) is 10.6 Å². The molecule has 9 heteroatoms. The molecule has 2 saturated heterocycles. The molecular weight excluding hydrogens is 344 g/mol. The highest BCUT2D eigenvalue weighted by atomic mass is 32.2. The lowest BCUT2D eigenvalue weighted by Crippen LogP contribution is -2.51. The van der Waals surface area contributed by atoms with E-state index in [1.54, 1.807) is 16.0 Å². The van der Waals surface area contributed by atoms with Gasteiger partial charge in [0.2, 0.25) is 21.8 Å². The van der Waals surface area contributed by atoms with Crippen LogP contribution in [0.15, 0.2) is 24.4 Å². The number of carbonyl (C=O) groups excluding carboxylic acids is 2. The molecule has 3 rings (SSSR count). The zero-order chi connectivity index (χ0) is 18.0. The quantitative estimate of drug-likeness (QED) is 0.719. The van der Waals surface area contributed by atoms with Crippen LogP contribution in [0.3, 0.4) is 0 Å². The summed E-state index contributed by atoms with van der Waals surface area (Å²) in [6, 6.07) is 5.54. The van der Waals surface area contributed by atoms with Gasteiger partial charge in [0.1, 0.15) is 0 Å². The summed E-state index contributed by atoms with van der Waals surface area (Å²) in [7, 11) is -3.22. The van der Waals surface area contributed by atoms with E-state index in [0.717, 1.165) is 5.69 Å². The Kier molecular flexibility index (Phi) is 5.05. The number of hydrogen-bond donors (Lipinski definition) is 0. The summed E-state index contributed by atoms with van der Waals surface area (Å²) in [6.07, 6.45) is 3.06. The summed E-state index contributed by atoms with van der Waals surface area (Å²) in [5.41, 5.74) is 0.797. The van der Waals surface area contributed by atoms with E-state index in [1.807, 2.05) is 18.2 Å². The van der Waals surface area contributed by atoms with Gasteiger partial charge in [-0.1, -0.05) is 6.07 Å². The van der Waals surface area contributed by atoms with Crippen molar-refractivity contribution in [3.8, 4) is 0 Å².